The Balaban J connectivity index is 1.94. The van der Waals surface area contributed by atoms with Crippen LogP contribution in [0.25, 0.3) is 0 Å². The van der Waals surface area contributed by atoms with Gasteiger partial charge in [0.1, 0.15) is 10.6 Å². The number of benzene rings is 2. The van der Waals surface area contributed by atoms with E-state index in [1.54, 1.807) is 24.3 Å². The second-order valence-corrected chi connectivity index (χ2v) is 7.92. The maximum Gasteiger partial charge on any atom is 0.255 e. The fraction of sp³-hybridized carbons (Fsp3) is 0.278. The van der Waals surface area contributed by atoms with Crippen LogP contribution in [-0.2, 0) is 10.0 Å². The molecule has 0 aromatic heterocycles. The van der Waals surface area contributed by atoms with Crippen LogP contribution in [0.15, 0.2) is 47.4 Å². The lowest BCUT2D eigenvalue weighted by molar-refractivity contribution is 0.102. The number of para-hydroxylation sites is 2. The lowest BCUT2D eigenvalue weighted by Gasteiger charge is -2.18. The number of anilines is 2. The summed E-state index contributed by atoms with van der Waals surface area (Å²) in [4.78, 5) is 12.5. The average molecular weight is 375 g/mol. The van der Waals surface area contributed by atoms with Gasteiger partial charge in [0.2, 0.25) is 10.0 Å². The zero-order chi connectivity index (χ0) is 18.7. The van der Waals surface area contributed by atoms with Gasteiger partial charge in [-0.3, -0.25) is 4.79 Å². The molecule has 1 amide bonds. The first-order chi connectivity index (χ1) is 12.4. The van der Waals surface area contributed by atoms with Crippen LogP contribution in [0, 0.1) is 0 Å². The van der Waals surface area contributed by atoms with Gasteiger partial charge >= 0.3 is 0 Å². The molecule has 0 atom stereocenters. The van der Waals surface area contributed by atoms with E-state index in [1.165, 1.54) is 29.6 Å². The monoisotopic (exact) mass is 375 g/mol. The first-order valence-electron chi connectivity index (χ1n) is 8.27. The van der Waals surface area contributed by atoms with Gasteiger partial charge in [0.15, 0.2) is 0 Å². The number of sulfonamides is 1. The molecule has 0 unspecified atom stereocenters. The molecule has 7 nitrogen and oxygen atoms in total. The largest absolute Gasteiger partial charge is 0.495 e. The smallest absolute Gasteiger partial charge is 0.255 e. The molecular formula is C18H21N3O4S. The first kappa shape index (κ1) is 18.2. The number of amides is 1. The lowest BCUT2D eigenvalue weighted by atomic mass is 10.2. The molecule has 1 fully saturated rings. The van der Waals surface area contributed by atoms with E-state index in [9.17, 15) is 13.2 Å². The van der Waals surface area contributed by atoms with Gasteiger partial charge in [-0.2, -0.15) is 4.31 Å². The van der Waals surface area contributed by atoms with Crippen LogP contribution in [0.1, 0.15) is 23.2 Å². The molecule has 3 rings (SSSR count). The number of rotatable bonds is 5. The highest BCUT2D eigenvalue weighted by Crippen LogP contribution is 2.30. The molecule has 8 heteroatoms. The maximum atomic E-state index is 12.9. The van der Waals surface area contributed by atoms with Crippen molar-refractivity contribution in [2.75, 3.05) is 31.2 Å². The fourth-order valence-electron chi connectivity index (χ4n) is 2.89. The van der Waals surface area contributed by atoms with Crippen molar-refractivity contribution < 1.29 is 17.9 Å². The number of carbonyl (C=O) groups excluding carboxylic acids is 1. The molecule has 2 aromatic carbocycles. The van der Waals surface area contributed by atoms with E-state index >= 15 is 0 Å². The van der Waals surface area contributed by atoms with Gasteiger partial charge in [0.05, 0.1) is 18.5 Å². The summed E-state index contributed by atoms with van der Waals surface area (Å²) in [6.45, 7) is 0.949. The SMILES string of the molecule is COc1ccc(C(=O)Nc2ccccc2N)cc1S(=O)(=O)N1CCCC1. The van der Waals surface area contributed by atoms with Crippen molar-refractivity contribution in [1.82, 2.24) is 4.31 Å². The Morgan fingerprint density at radius 2 is 1.85 bits per heavy atom. The minimum absolute atomic E-state index is 0.00409. The molecule has 3 N–H and O–H groups in total. The standard InChI is InChI=1S/C18H21N3O4S/c1-25-16-9-8-13(18(22)20-15-7-3-2-6-14(15)19)12-17(16)26(23,24)21-10-4-5-11-21/h2-3,6-9,12H,4-5,10-11,19H2,1H3,(H,20,22). The predicted octanol–water partition coefficient (Wildman–Crippen LogP) is 2.31. The van der Waals surface area contributed by atoms with Gasteiger partial charge in [-0.15, -0.1) is 0 Å². The van der Waals surface area contributed by atoms with Crippen molar-refractivity contribution in [3.05, 3.63) is 48.0 Å². The molecule has 0 bridgehead atoms. The zero-order valence-corrected chi connectivity index (χ0v) is 15.3. The van der Waals surface area contributed by atoms with Crippen molar-refractivity contribution >= 4 is 27.3 Å². The Kier molecular flexibility index (Phi) is 5.15. The van der Waals surface area contributed by atoms with E-state index in [-0.39, 0.29) is 16.2 Å². The summed E-state index contributed by atoms with van der Waals surface area (Å²) < 4.78 is 32.4. The minimum atomic E-state index is -3.71. The summed E-state index contributed by atoms with van der Waals surface area (Å²) >= 11 is 0. The Labute approximate surface area is 152 Å². The second kappa shape index (κ2) is 7.35. The summed E-state index contributed by atoms with van der Waals surface area (Å²) in [5.74, 6) is -0.226. The van der Waals surface area contributed by atoms with Gasteiger partial charge in [0, 0.05) is 18.7 Å². The summed E-state index contributed by atoms with van der Waals surface area (Å²) in [6, 6.07) is 11.2. The number of carbonyl (C=O) groups is 1. The van der Waals surface area contributed by atoms with Crippen molar-refractivity contribution in [3.8, 4) is 5.75 Å². The van der Waals surface area contributed by atoms with E-state index < -0.39 is 15.9 Å². The van der Waals surface area contributed by atoms with E-state index in [2.05, 4.69) is 5.32 Å². The number of nitrogens with one attached hydrogen (secondary N) is 1. The number of nitrogens with two attached hydrogens (primary N) is 1. The molecule has 1 aliphatic heterocycles. The number of hydrogen-bond acceptors (Lipinski definition) is 5. The third-order valence-electron chi connectivity index (χ3n) is 4.32. The molecule has 1 aliphatic rings. The third-order valence-corrected chi connectivity index (χ3v) is 6.24. The Hall–Kier alpha value is -2.58. The zero-order valence-electron chi connectivity index (χ0n) is 14.4. The lowest BCUT2D eigenvalue weighted by Crippen LogP contribution is -2.28. The molecule has 0 aliphatic carbocycles. The Bertz CT molecular complexity index is 922. The quantitative estimate of drug-likeness (QED) is 0.781. The molecule has 1 saturated heterocycles. The number of hydrogen-bond donors (Lipinski definition) is 2. The van der Waals surface area contributed by atoms with E-state index in [0.717, 1.165) is 12.8 Å². The molecule has 0 spiro atoms. The highest BCUT2D eigenvalue weighted by Gasteiger charge is 2.30. The molecule has 2 aromatic rings. The van der Waals surface area contributed by atoms with Crippen LogP contribution in [0.3, 0.4) is 0 Å². The van der Waals surface area contributed by atoms with Gasteiger partial charge in [0.25, 0.3) is 5.91 Å². The van der Waals surface area contributed by atoms with Crippen molar-refractivity contribution in [3.63, 3.8) is 0 Å². The predicted molar refractivity (Wildman–Crippen MR) is 99.8 cm³/mol. The van der Waals surface area contributed by atoms with Crippen molar-refractivity contribution in [2.24, 2.45) is 0 Å². The molecule has 26 heavy (non-hydrogen) atoms. The van der Waals surface area contributed by atoms with Gasteiger partial charge in [-0.05, 0) is 43.2 Å². The van der Waals surface area contributed by atoms with Gasteiger partial charge < -0.3 is 15.8 Å². The van der Waals surface area contributed by atoms with E-state index in [1.807, 2.05) is 0 Å². The number of nitrogens with zero attached hydrogens (tertiary/aromatic N) is 1. The summed E-state index contributed by atoms with van der Waals surface area (Å²) in [5.41, 5.74) is 6.95. The summed E-state index contributed by atoms with van der Waals surface area (Å²) in [7, 11) is -2.31. The minimum Gasteiger partial charge on any atom is -0.495 e. The number of nitrogen functional groups attached to an aromatic ring is 1. The molecular weight excluding hydrogens is 354 g/mol. The second-order valence-electron chi connectivity index (χ2n) is 6.02. The van der Waals surface area contributed by atoms with Crippen LogP contribution in [0.5, 0.6) is 5.75 Å². The molecule has 0 saturated carbocycles. The summed E-state index contributed by atoms with van der Waals surface area (Å²) in [5, 5.41) is 2.70. The van der Waals surface area contributed by atoms with Gasteiger partial charge in [-0.1, -0.05) is 12.1 Å². The maximum absolute atomic E-state index is 12.9. The third kappa shape index (κ3) is 3.51. The van der Waals surface area contributed by atoms with Crippen LogP contribution in [0.2, 0.25) is 0 Å². The Morgan fingerprint density at radius 1 is 1.15 bits per heavy atom. The topological polar surface area (TPSA) is 102 Å². The average Bonchev–Trinajstić information content (AvgIpc) is 3.18. The molecule has 0 radical (unpaired) electrons. The number of methoxy groups -OCH3 is 1. The number of ether oxygens (including phenoxy) is 1. The van der Waals surface area contributed by atoms with Crippen LogP contribution in [0.4, 0.5) is 11.4 Å². The van der Waals surface area contributed by atoms with E-state index in [4.69, 9.17) is 10.5 Å². The van der Waals surface area contributed by atoms with Crippen LogP contribution in [-0.4, -0.2) is 38.8 Å². The van der Waals surface area contributed by atoms with Crippen molar-refractivity contribution in [1.29, 1.82) is 0 Å². The fourth-order valence-corrected chi connectivity index (χ4v) is 4.59. The molecule has 138 valence electrons. The Morgan fingerprint density at radius 3 is 2.50 bits per heavy atom. The normalized spacial score (nSPS) is 15.0. The van der Waals surface area contributed by atoms with Crippen LogP contribution < -0.4 is 15.8 Å². The highest BCUT2D eigenvalue weighted by atomic mass is 32.2. The summed E-state index contributed by atoms with van der Waals surface area (Å²) in [6.07, 6.45) is 1.66. The molecule has 1 heterocycles. The van der Waals surface area contributed by atoms with Crippen LogP contribution >= 0.6 is 0 Å². The van der Waals surface area contributed by atoms with E-state index in [0.29, 0.717) is 24.5 Å². The van der Waals surface area contributed by atoms with Gasteiger partial charge in [-0.25, -0.2) is 8.42 Å². The highest BCUT2D eigenvalue weighted by molar-refractivity contribution is 7.89. The first-order valence-corrected chi connectivity index (χ1v) is 9.71. The van der Waals surface area contributed by atoms with Crippen molar-refractivity contribution in [2.45, 2.75) is 17.7 Å².